The summed E-state index contributed by atoms with van der Waals surface area (Å²) in [5, 5.41) is 19.8. The normalized spacial score (nSPS) is 10.5. The van der Waals surface area contributed by atoms with E-state index in [4.69, 9.17) is 4.74 Å². The standard InChI is InChI=1S/C17H18O4/c1-9-5-12(6-10(2)15(9)18)13-7-11(3)16(19)14(8-13)17(20)21-4/h5-8,18-19H,1-4H3. The predicted molar refractivity (Wildman–Crippen MR) is 80.8 cm³/mol. The number of ether oxygens (including phenoxy) is 1. The largest absolute Gasteiger partial charge is 0.507 e. The smallest absolute Gasteiger partial charge is 0.341 e. The van der Waals surface area contributed by atoms with Gasteiger partial charge in [-0.1, -0.05) is 0 Å². The van der Waals surface area contributed by atoms with E-state index < -0.39 is 5.97 Å². The lowest BCUT2D eigenvalue weighted by Crippen LogP contribution is -2.03. The molecular weight excluding hydrogens is 268 g/mol. The minimum atomic E-state index is -0.579. The van der Waals surface area contributed by atoms with E-state index >= 15 is 0 Å². The molecule has 0 saturated carbocycles. The van der Waals surface area contributed by atoms with E-state index in [9.17, 15) is 15.0 Å². The summed E-state index contributed by atoms with van der Waals surface area (Å²) in [7, 11) is 1.28. The number of phenolic OH excluding ortho intramolecular Hbond substituents is 2. The van der Waals surface area contributed by atoms with Gasteiger partial charge in [0.15, 0.2) is 0 Å². The first-order valence-corrected chi connectivity index (χ1v) is 6.57. The Bertz CT molecular complexity index is 694. The molecule has 2 N–H and O–H groups in total. The number of carbonyl (C=O) groups is 1. The number of methoxy groups -OCH3 is 1. The quantitative estimate of drug-likeness (QED) is 0.829. The first-order chi connectivity index (χ1) is 9.85. The summed E-state index contributed by atoms with van der Waals surface area (Å²) in [6.45, 7) is 5.37. The second kappa shape index (κ2) is 5.48. The van der Waals surface area contributed by atoms with Gasteiger partial charge in [0, 0.05) is 0 Å². The molecule has 0 amide bonds. The summed E-state index contributed by atoms with van der Waals surface area (Å²) in [5.74, 6) is -0.384. The average Bonchev–Trinajstić information content (AvgIpc) is 2.46. The Labute approximate surface area is 123 Å². The summed E-state index contributed by atoms with van der Waals surface area (Å²) < 4.78 is 4.69. The molecule has 0 spiro atoms. The molecule has 0 unspecified atom stereocenters. The molecule has 2 rings (SSSR count). The number of hydrogen-bond acceptors (Lipinski definition) is 4. The highest BCUT2D eigenvalue weighted by molar-refractivity contribution is 5.94. The summed E-state index contributed by atoms with van der Waals surface area (Å²) >= 11 is 0. The first kappa shape index (κ1) is 14.9. The molecule has 0 aliphatic heterocycles. The zero-order chi connectivity index (χ0) is 15.7. The van der Waals surface area contributed by atoms with Crippen LogP contribution in [0, 0.1) is 20.8 Å². The summed E-state index contributed by atoms with van der Waals surface area (Å²) in [4.78, 5) is 11.7. The molecule has 0 aliphatic rings. The van der Waals surface area contributed by atoms with Gasteiger partial charge in [0.1, 0.15) is 17.1 Å². The highest BCUT2D eigenvalue weighted by Crippen LogP contribution is 2.33. The molecule has 21 heavy (non-hydrogen) atoms. The van der Waals surface area contributed by atoms with Crippen LogP contribution < -0.4 is 0 Å². The van der Waals surface area contributed by atoms with Gasteiger partial charge in [0.2, 0.25) is 0 Å². The Morgan fingerprint density at radius 1 is 0.857 bits per heavy atom. The fourth-order valence-corrected chi connectivity index (χ4v) is 2.33. The van der Waals surface area contributed by atoms with Crippen molar-refractivity contribution < 1.29 is 19.7 Å². The Kier molecular flexibility index (Phi) is 3.89. The summed E-state index contributed by atoms with van der Waals surface area (Å²) in [6, 6.07) is 7.08. The van der Waals surface area contributed by atoms with Crippen LogP contribution >= 0.6 is 0 Å². The number of esters is 1. The third-order valence-electron chi connectivity index (χ3n) is 3.53. The van der Waals surface area contributed by atoms with Gasteiger partial charge in [-0.2, -0.15) is 0 Å². The molecule has 0 radical (unpaired) electrons. The Hall–Kier alpha value is -2.49. The predicted octanol–water partition coefficient (Wildman–Crippen LogP) is 3.48. The van der Waals surface area contributed by atoms with Crippen LogP contribution in [0.2, 0.25) is 0 Å². The number of benzene rings is 2. The number of aryl methyl sites for hydroxylation is 3. The maximum atomic E-state index is 11.7. The monoisotopic (exact) mass is 286 g/mol. The third-order valence-corrected chi connectivity index (χ3v) is 3.53. The minimum Gasteiger partial charge on any atom is -0.507 e. The van der Waals surface area contributed by atoms with Gasteiger partial charge in [-0.3, -0.25) is 0 Å². The van der Waals surface area contributed by atoms with Crippen molar-refractivity contribution in [2.75, 3.05) is 7.11 Å². The van der Waals surface area contributed by atoms with Crippen molar-refractivity contribution in [1.82, 2.24) is 0 Å². The third kappa shape index (κ3) is 2.70. The number of rotatable bonds is 2. The Morgan fingerprint density at radius 3 is 1.76 bits per heavy atom. The molecule has 0 fully saturated rings. The zero-order valence-corrected chi connectivity index (χ0v) is 12.5. The average molecular weight is 286 g/mol. The summed E-state index contributed by atoms with van der Waals surface area (Å²) in [5.41, 5.74) is 3.91. The number of phenols is 2. The molecule has 0 aromatic heterocycles. The molecule has 0 saturated heterocycles. The Balaban J connectivity index is 2.65. The molecule has 4 heteroatoms. The highest BCUT2D eigenvalue weighted by atomic mass is 16.5. The highest BCUT2D eigenvalue weighted by Gasteiger charge is 2.16. The molecule has 0 bridgehead atoms. The Morgan fingerprint density at radius 2 is 1.29 bits per heavy atom. The van der Waals surface area contributed by atoms with Crippen LogP contribution in [0.5, 0.6) is 11.5 Å². The van der Waals surface area contributed by atoms with Gasteiger partial charge >= 0.3 is 5.97 Å². The van der Waals surface area contributed by atoms with E-state index in [1.54, 1.807) is 19.1 Å². The number of hydrogen-bond donors (Lipinski definition) is 2. The van der Waals surface area contributed by atoms with Gasteiger partial charge in [-0.05, 0) is 72.9 Å². The zero-order valence-electron chi connectivity index (χ0n) is 12.5. The molecule has 2 aromatic carbocycles. The van der Waals surface area contributed by atoms with Crippen LogP contribution in [0.25, 0.3) is 11.1 Å². The number of aromatic hydroxyl groups is 2. The SMILES string of the molecule is COC(=O)c1cc(-c2cc(C)c(O)c(C)c2)cc(C)c1O. The van der Waals surface area contributed by atoms with Gasteiger partial charge < -0.3 is 14.9 Å². The van der Waals surface area contributed by atoms with Crippen LogP contribution in [-0.4, -0.2) is 23.3 Å². The van der Waals surface area contributed by atoms with Gasteiger partial charge in [0.25, 0.3) is 0 Å². The second-order valence-electron chi connectivity index (χ2n) is 5.14. The van der Waals surface area contributed by atoms with Crippen LogP contribution in [0.15, 0.2) is 24.3 Å². The molecule has 2 aromatic rings. The fourth-order valence-electron chi connectivity index (χ4n) is 2.33. The summed E-state index contributed by atoms with van der Waals surface area (Å²) in [6.07, 6.45) is 0. The van der Waals surface area contributed by atoms with E-state index in [1.807, 2.05) is 26.0 Å². The van der Waals surface area contributed by atoms with Gasteiger partial charge in [-0.15, -0.1) is 0 Å². The van der Waals surface area contributed by atoms with Crippen LogP contribution in [0.3, 0.4) is 0 Å². The molecule has 110 valence electrons. The number of carbonyl (C=O) groups excluding carboxylic acids is 1. The first-order valence-electron chi connectivity index (χ1n) is 6.57. The topological polar surface area (TPSA) is 66.8 Å². The van der Waals surface area contributed by atoms with Crippen molar-refractivity contribution in [2.45, 2.75) is 20.8 Å². The van der Waals surface area contributed by atoms with E-state index in [0.29, 0.717) is 5.56 Å². The van der Waals surface area contributed by atoms with Crippen molar-refractivity contribution >= 4 is 5.97 Å². The van der Waals surface area contributed by atoms with Crippen molar-refractivity contribution in [3.63, 3.8) is 0 Å². The molecule has 0 aliphatic carbocycles. The van der Waals surface area contributed by atoms with Crippen molar-refractivity contribution in [2.24, 2.45) is 0 Å². The van der Waals surface area contributed by atoms with E-state index in [2.05, 4.69) is 0 Å². The second-order valence-corrected chi connectivity index (χ2v) is 5.14. The lowest BCUT2D eigenvalue weighted by atomic mass is 9.96. The maximum Gasteiger partial charge on any atom is 0.341 e. The molecule has 4 nitrogen and oxygen atoms in total. The van der Waals surface area contributed by atoms with E-state index in [0.717, 1.165) is 22.3 Å². The van der Waals surface area contributed by atoms with Crippen molar-refractivity contribution in [1.29, 1.82) is 0 Å². The lowest BCUT2D eigenvalue weighted by molar-refractivity contribution is 0.0597. The van der Waals surface area contributed by atoms with E-state index in [-0.39, 0.29) is 17.1 Å². The maximum absolute atomic E-state index is 11.7. The molecular formula is C17H18O4. The minimum absolute atomic E-state index is 0.0715. The van der Waals surface area contributed by atoms with E-state index in [1.165, 1.54) is 7.11 Å². The van der Waals surface area contributed by atoms with Crippen LogP contribution in [0.1, 0.15) is 27.0 Å². The van der Waals surface area contributed by atoms with Gasteiger partial charge in [0.05, 0.1) is 7.11 Å². The molecule has 0 atom stereocenters. The lowest BCUT2D eigenvalue weighted by Gasteiger charge is -2.12. The van der Waals surface area contributed by atoms with Gasteiger partial charge in [-0.25, -0.2) is 4.79 Å². The molecule has 0 heterocycles. The van der Waals surface area contributed by atoms with Crippen molar-refractivity contribution in [3.05, 3.63) is 46.5 Å². The van der Waals surface area contributed by atoms with Crippen LogP contribution in [-0.2, 0) is 4.74 Å². The fraction of sp³-hybridized carbons (Fsp3) is 0.235. The van der Waals surface area contributed by atoms with Crippen LogP contribution in [0.4, 0.5) is 0 Å². The van der Waals surface area contributed by atoms with Crippen molar-refractivity contribution in [3.8, 4) is 22.6 Å².